The monoisotopic (exact) mass is 465 g/mol. The summed E-state index contributed by atoms with van der Waals surface area (Å²) in [4.78, 5) is 12.9. The van der Waals surface area contributed by atoms with Crippen LogP contribution in [0.4, 0.5) is 0 Å². The molecule has 1 N–H and O–H groups in total. The van der Waals surface area contributed by atoms with E-state index < -0.39 is 0 Å². The van der Waals surface area contributed by atoms with Gasteiger partial charge in [-0.25, -0.2) is 0 Å². The first-order chi connectivity index (χ1) is 17.1. The molecule has 0 bridgehead atoms. The molecule has 0 heterocycles. The average Bonchev–Trinajstić information content (AvgIpc) is 2.92. The molecule has 0 unspecified atom stereocenters. The Hall–Kier alpha value is -4.05. The van der Waals surface area contributed by atoms with E-state index in [1.165, 1.54) is 5.56 Å². The number of ether oxygens (including phenoxy) is 2. The zero-order valence-electron chi connectivity index (χ0n) is 20.2. The van der Waals surface area contributed by atoms with Crippen LogP contribution in [-0.4, -0.2) is 19.1 Å². The van der Waals surface area contributed by atoms with Gasteiger partial charge in [-0.1, -0.05) is 72.8 Å². The molecule has 1 amide bonds. The number of amides is 1. The third kappa shape index (κ3) is 6.73. The summed E-state index contributed by atoms with van der Waals surface area (Å²) in [7, 11) is 1.62. The van der Waals surface area contributed by atoms with Crippen molar-refractivity contribution in [1.82, 2.24) is 5.32 Å². The van der Waals surface area contributed by atoms with E-state index in [1.807, 2.05) is 79.7 Å². The minimum atomic E-state index is -0.0957. The Labute approximate surface area is 207 Å². The van der Waals surface area contributed by atoms with E-state index in [9.17, 15) is 4.79 Å². The van der Waals surface area contributed by atoms with Gasteiger partial charge >= 0.3 is 0 Å². The third-order valence-electron chi connectivity index (χ3n) is 5.98. The van der Waals surface area contributed by atoms with Crippen LogP contribution in [0.5, 0.6) is 11.5 Å². The van der Waals surface area contributed by atoms with Gasteiger partial charge in [-0.2, -0.15) is 0 Å². The molecular weight excluding hydrogens is 434 g/mol. The zero-order valence-corrected chi connectivity index (χ0v) is 20.2. The van der Waals surface area contributed by atoms with Gasteiger partial charge in [0.1, 0.15) is 18.1 Å². The van der Waals surface area contributed by atoms with Crippen molar-refractivity contribution in [3.63, 3.8) is 0 Å². The first kappa shape index (κ1) is 24.1. The van der Waals surface area contributed by atoms with Gasteiger partial charge in [0.15, 0.2) is 0 Å². The summed E-state index contributed by atoms with van der Waals surface area (Å²) in [6.45, 7) is 2.34. The summed E-state index contributed by atoms with van der Waals surface area (Å²) < 4.78 is 11.5. The van der Waals surface area contributed by atoms with E-state index in [4.69, 9.17) is 9.47 Å². The fraction of sp³-hybridized carbons (Fsp3) is 0.194. The normalized spacial score (nSPS) is 11.5. The molecule has 0 saturated heterocycles. The lowest BCUT2D eigenvalue weighted by Crippen LogP contribution is -2.33. The Morgan fingerprint density at radius 1 is 0.829 bits per heavy atom. The lowest BCUT2D eigenvalue weighted by molar-refractivity contribution is 0.0938. The summed E-state index contributed by atoms with van der Waals surface area (Å²) >= 11 is 0. The number of benzene rings is 4. The Kier molecular flexibility index (Phi) is 8.18. The second kappa shape index (κ2) is 11.9. The van der Waals surface area contributed by atoms with Crippen LogP contribution in [0.3, 0.4) is 0 Å². The van der Waals surface area contributed by atoms with Gasteiger partial charge < -0.3 is 14.8 Å². The first-order valence-electron chi connectivity index (χ1n) is 11.9. The van der Waals surface area contributed by atoms with Crippen molar-refractivity contribution in [2.75, 3.05) is 7.11 Å². The Morgan fingerprint density at radius 3 is 2.17 bits per heavy atom. The first-order valence-corrected chi connectivity index (χ1v) is 11.9. The van der Waals surface area contributed by atoms with Gasteiger partial charge in [0.05, 0.1) is 7.11 Å². The quantitative estimate of drug-likeness (QED) is 0.284. The molecule has 0 spiro atoms. The van der Waals surface area contributed by atoms with E-state index in [2.05, 4.69) is 29.6 Å². The number of carbonyl (C=O) groups is 1. The second-order valence-corrected chi connectivity index (χ2v) is 8.60. The van der Waals surface area contributed by atoms with Crippen LogP contribution in [0.25, 0.3) is 11.1 Å². The molecule has 35 heavy (non-hydrogen) atoms. The molecule has 4 aromatic rings. The predicted octanol–water partition coefficient (Wildman–Crippen LogP) is 6.69. The van der Waals surface area contributed by atoms with Gasteiger partial charge in [-0.15, -0.1) is 0 Å². The van der Waals surface area contributed by atoms with Gasteiger partial charge in [-0.05, 0) is 66.8 Å². The number of hydrogen-bond donors (Lipinski definition) is 1. The molecule has 0 saturated carbocycles. The molecule has 0 radical (unpaired) electrons. The molecule has 0 aliphatic heterocycles. The molecule has 4 heteroatoms. The van der Waals surface area contributed by atoms with E-state index in [0.29, 0.717) is 17.9 Å². The topological polar surface area (TPSA) is 47.6 Å². The molecule has 1 atom stereocenters. The summed E-state index contributed by atoms with van der Waals surface area (Å²) in [6, 6.07) is 34.1. The Bertz CT molecular complexity index is 1220. The highest BCUT2D eigenvalue weighted by atomic mass is 16.5. The smallest absolute Gasteiger partial charge is 0.251 e. The van der Waals surface area contributed by atoms with Crippen LogP contribution >= 0.6 is 0 Å². The molecule has 4 aromatic carbocycles. The number of carbonyl (C=O) groups excluding carboxylic acids is 1. The van der Waals surface area contributed by atoms with Gasteiger partial charge in [0.2, 0.25) is 0 Å². The zero-order chi connectivity index (χ0) is 24.5. The van der Waals surface area contributed by atoms with E-state index in [0.717, 1.165) is 35.3 Å². The SMILES string of the molecule is COc1ccc(C(=O)N[C@@H](C)CCc2ccccc2)cc1COc1ccc(-c2ccccc2)cc1. The molecule has 178 valence electrons. The minimum Gasteiger partial charge on any atom is -0.496 e. The molecule has 0 fully saturated rings. The van der Waals surface area contributed by atoms with Crippen LogP contribution in [0.1, 0.15) is 34.8 Å². The van der Waals surface area contributed by atoms with Crippen molar-refractivity contribution < 1.29 is 14.3 Å². The molecule has 4 nitrogen and oxygen atoms in total. The minimum absolute atomic E-state index is 0.0626. The maximum Gasteiger partial charge on any atom is 0.251 e. The van der Waals surface area contributed by atoms with Crippen LogP contribution in [0, 0.1) is 0 Å². The highest BCUT2D eigenvalue weighted by molar-refractivity contribution is 5.94. The maximum absolute atomic E-state index is 12.9. The number of aryl methyl sites for hydroxylation is 1. The lowest BCUT2D eigenvalue weighted by Gasteiger charge is -2.16. The largest absolute Gasteiger partial charge is 0.496 e. The third-order valence-corrected chi connectivity index (χ3v) is 5.98. The summed E-state index contributed by atoms with van der Waals surface area (Å²) in [5.41, 5.74) is 4.99. The molecule has 4 rings (SSSR count). The predicted molar refractivity (Wildman–Crippen MR) is 141 cm³/mol. The highest BCUT2D eigenvalue weighted by Crippen LogP contribution is 2.25. The Balaban J connectivity index is 1.36. The van der Waals surface area contributed by atoms with Crippen molar-refractivity contribution in [2.24, 2.45) is 0 Å². The van der Waals surface area contributed by atoms with Crippen molar-refractivity contribution in [3.05, 3.63) is 120 Å². The van der Waals surface area contributed by atoms with Crippen LogP contribution in [0.15, 0.2) is 103 Å². The molecule has 0 aromatic heterocycles. The average molecular weight is 466 g/mol. The van der Waals surface area contributed by atoms with Crippen molar-refractivity contribution >= 4 is 5.91 Å². The second-order valence-electron chi connectivity index (χ2n) is 8.60. The lowest BCUT2D eigenvalue weighted by atomic mass is 10.1. The van der Waals surface area contributed by atoms with Gasteiger partial charge in [0, 0.05) is 17.2 Å². The van der Waals surface area contributed by atoms with Gasteiger partial charge in [-0.3, -0.25) is 4.79 Å². The number of rotatable bonds is 10. The van der Waals surface area contributed by atoms with Crippen molar-refractivity contribution in [3.8, 4) is 22.6 Å². The van der Waals surface area contributed by atoms with Crippen LogP contribution in [-0.2, 0) is 13.0 Å². The number of nitrogens with one attached hydrogen (secondary N) is 1. The Morgan fingerprint density at radius 2 is 1.49 bits per heavy atom. The number of hydrogen-bond acceptors (Lipinski definition) is 3. The summed E-state index contributed by atoms with van der Waals surface area (Å²) in [5.74, 6) is 1.36. The highest BCUT2D eigenvalue weighted by Gasteiger charge is 2.13. The van der Waals surface area contributed by atoms with Crippen LogP contribution < -0.4 is 14.8 Å². The van der Waals surface area contributed by atoms with E-state index in [1.54, 1.807) is 13.2 Å². The van der Waals surface area contributed by atoms with E-state index in [-0.39, 0.29) is 11.9 Å². The molecule has 0 aliphatic carbocycles. The van der Waals surface area contributed by atoms with Crippen molar-refractivity contribution in [1.29, 1.82) is 0 Å². The molecular formula is C31H31NO3. The standard InChI is InChI=1S/C31H31NO3/c1-23(13-14-24-9-5-3-6-10-24)32-31(33)27-17-20-30(34-2)28(21-27)22-35-29-18-15-26(16-19-29)25-11-7-4-8-12-25/h3-12,15-21,23H,13-14,22H2,1-2H3,(H,32,33)/t23-/m0/s1. The fourth-order valence-corrected chi connectivity index (χ4v) is 3.98. The van der Waals surface area contributed by atoms with Crippen molar-refractivity contribution in [2.45, 2.75) is 32.4 Å². The van der Waals surface area contributed by atoms with E-state index >= 15 is 0 Å². The number of methoxy groups -OCH3 is 1. The molecule has 0 aliphatic rings. The fourth-order valence-electron chi connectivity index (χ4n) is 3.98. The summed E-state index contributed by atoms with van der Waals surface area (Å²) in [6.07, 6.45) is 1.80. The summed E-state index contributed by atoms with van der Waals surface area (Å²) in [5, 5.41) is 3.11. The van der Waals surface area contributed by atoms with Crippen LogP contribution in [0.2, 0.25) is 0 Å². The van der Waals surface area contributed by atoms with Gasteiger partial charge in [0.25, 0.3) is 5.91 Å². The maximum atomic E-state index is 12.9.